The van der Waals surface area contributed by atoms with Gasteiger partial charge in [0.25, 0.3) is 0 Å². The molecule has 0 amide bonds. The average Bonchev–Trinajstić information content (AvgIpc) is 2.24. The fraction of sp³-hybridized carbons (Fsp3) is 0.364. The molecule has 0 bridgehead atoms. The summed E-state index contributed by atoms with van der Waals surface area (Å²) in [6.07, 6.45) is 1.68. The molecule has 1 fully saturated rings. The van der Waals surface area contributed by atoms with Crippen LogP contribution in [0, 0.1) is 6.92 Å². The molecule has 3 heterocycles. The van der Waals surface area contributed by atoms with Crippen molar-refractivity contribution in [3.05, 3.63) is 23.1 Å². The van der Waals surface area contributed by atoms with Crippen LogP contribution in [0.15, 0.2) is 12.3 Å². The van der Waals surface area contributed by atoms with Gasteiger partial charge >= 0.3 is 0 Å². The second-order valence-electron chi connectivity index (χ2n) is 4.06. The Labute approximate surface area is 103 Å². The van der Waals surface area contributed by atoms with Crippen LogP contribution in [-0.2, 0) is 4.74 Å². The SMILES string of the molecule is Cc1cc2nc(NC3COC3)c(Cl)nc2cn1. The number of anilines is 1. The Morgan fingerprint density at radius 2 is 2.18 bits per heavy atom. The van der Waals surface area contributed by atoms with Crippen LogP contribution in [-0.4, -0.2) is 34.2 Å². The smallest absolute Gasteiger partial charge is 0.172 e. The summed E-state index contributed by atoms with van der Waals surface area (Å²) in [6.45, 7) is 3.29. The maximum absolute atomic E-state index is 6.06. The second-order valence-corrected chi connectivity index (χ2v) is 4.41. The lowest BCUT2D eigenvalue weighted by molar-refractivity contribution is 0.0209. The van der Waals surface area contributed by atoms with E-state index in [4.69, 9.17) is 16.3 Å². The van der Waals surface area contributed by atoms with Crippen LogP contribution < -0.4 is 5.32 Å². The van der Waals surface area contributed by atoms with Gasteiger partial charge in [-0.1, -0.05) is 11.6 Å². The van der Waals surface area contributed by atoms with Gasteiger partial charge in [0.15, 0.2) is 11.0 Å². The van der Waals surface area contributed by atoms with E-state index in [1.54, 1.807) is 6.20 Å². The molecule has 0 unspecified atom stereocenters. The van der Waals surface area contributed by atoms with Gasteiger partial charge in [-0.2, -0.15) is 0 Å². The van der Waals surface area contributed by atoms with E-state index in [-0.39, 0.29) is 6.04 Å². The minimum absolute atomic E-state index is 0.280. The zero-order chi connectivity index (χ0) is 11.8. The monoisotopic (exact) mass is 250 g/mol. The molecule has 1 aliphatic heterocycles. The molecule has 0 spiro atoms. The predicted octanol–water partition coefficient (Wildman–Crippen LogP) is 1.80. The molecular weight excluding hydrogens is 240 g/mol. The summed E-state index contributed by atoms with van der Waals surface area (Å²) in [5.41, 5.74) is 2.41. The maximum atomic E-state index is 6.06. The first-order valence-corrected chi connectivity index (χ1v) is 5.74. The highest BCUT2D eigenvalue weighted by Crippen LogP contribution is 2.22. The Morgan fingerprint density at radius 3 is 2.88 bits per heavy atom. The highest BCUT2D eigenvalue weighted by atomic mass is 35.5. The average molecular weight is 251 g/mol. The number of fused-ring (bicyclic) bond motifs is 1. The predicted molar refractivity (Wildman–Crippen MR) is 65.3 cm³/mol. The van der Waals surface area contributed by atoms with Gasteiger partial charge in [-0.05, 0) is 13.0 Å². The van der Waals surface area contributed by atoms with Gasteiger partial charge in [0.2, 0.25) is 0 Å². The van der Waals surface area contributed by atoms with Gasteiger partial charge in [-0.15, -0.1) is 0 Å². The van der Waals surface area contributed by atoms with Crippen LogP contribution in [0.25, 0.3) is 11.0 Å². The normalized spacial score (nSPS) is 15.9. The van der Waals surface area contributed by atoms with Crippen LogP contribution in [0.2, 0.25) is 5.15 Å². The molecule has 0 aromatic carbocycles. The third-order valence-electron chi connectivity index (χ3n) is 2.62. The summed E-state index contributed by atoms with van der Waals surface area (Å²) in [7, 11) is 0. The Bertz CT molecular complexity index is 571. The number of nitrogens with one attached hydrogen (secondary N) is 1. The number of hydrogen-bond acceptors (Lipinski definition) is 5. The summed E-state index contributed by atoms with van der Waals surface area (Å²) in [4.78, 5) is 12.9. The third kappa shape index (κ3) is 2.03. The quantitative estimate of drug-likeness (QED) is 0.881. The van der Waals surface area contributed by atoms with Gasteiger partial charge < -0.3 is 10.1 Å². The number of ether oxygens (including phenoxy) is 1. The fourth-order valence-corrected chi connectivity index (χ4v) is 1.83. The van der Waals surface area contributed by atoms with Crippen molar-refractivity contribution in [3.8, 4) is 0 Å². The number of pyridine rings is 1. The molecule has 6 heteroatoms. The molecule has 3 rings (SSSR count). The molecule has 17 heavy (non-hydrogen) atoms. The van der Waals surface area contributed by atoms with E-state index in [0.29, 0.717) is 29.7 Å². The van der Waals surface area contributed by atoms with Crippen LogP contribution in [0.4, 0.5) is 5.82 Å². The number of aromatic nitrogens is 3. The molecule has 0 radical (unpaired) electrons. The number of hydrogen-bond donors (Lipinski definition) is 1. The molecule has 88 valence electrons. The van der Waals surface area contributed by atoms with Crippen molar-refractivity contribution >= 4 is 28.5 Å². The summed E-state index contributed by atoms with van der Waals surface area (Å²) in [5, 5.41) is 3.58. The van der Waals surface area contributed by atoms with E-state index in [9.17, 15) is 0 Å². The van der Waals surface area contributed by atoms with Gasteiger partial charge in [-0.25, -0.2) is 9.97 Å². The topological polar surface area (TPSA) is 59.9 Å². The van der Waals surface area contributed by atoms with E-state index in [1.165, 1.54) is 0 Å². The minimum Gasteiger partial charge on any atom is -0.377 e. The molecule has 1 saturated heterocycles. The standard InChI is InChI=1S/C11H11ClN4O/c1-6-2-8-9(3-13-6)15-10(12)11(16-8)14-7-4-17-5-7/h2-3,7H,4-5H2,1H3,(H,14,16). The lowest BCUT2D eigenvalue weighted by atomic mass is 10.2. The van der Waals surface area contributed by atoms with Crippen molar-refractivity contribution in [1.82, 2.24) is 15.0 Å². The van der Waals surface area contributed by atoms with Crippen molar-refractivity contribution in [2.24, 2.45) is 0 Å². The van der Waals surface area contributed by atoms with Crippen molar-refractivity contribution in [2.75, 3.05) is 18.5 Å². The molecule has 1 aliphatic rings. The van der Waals surface area contributed by atoms with E-state index in [1.807, 2.05) is 13.0 Å². The molecule has 0 saturated carbocycles. The zero-order valence-electron chi connectivity index (χ0n) is 9.27. The molecule has 1 N–H and O–H groups in total. The van der Waals surface area contributed by atoms with E-state index in [2.05, 4.69) is 20.3 Å². The lowest BCUT2D eigenvalue weighted by Crippen LogP contribution is -2.40. The third-order valence-corrected chi connectivity index (χ3v) is 2.89. The fourth-order valence-electron chi connectivity index (χ4n) is 1.64. The Hall–Kier alpha value is -1.46. The molecule has 0 atom stereocenters. The van der Waals surface area contributed by atoms with Crippen molar-refractivity contribution in [3.63, 3.8) is 0 Å². The first kappa shape index (κ1) is 10.7. The van der Waals surface area contributed by atoms with E-state index >= 15 is 0 Å². The number of aryl methyl sites for hydroxylation is 1. The highest BCUT2D eigenvalue weighted by molar-refractivity contribution is 6.32. The van der Waals surface area contributed by atoms with E-state index < -0.39 is 0 Å². The molecule has 2 aromatic heterocycles. The second kappa shape index (κ2) is 4.09. The Morgan fingerprint density at radius 1 is 1.35 bits per heavy atom. The van der Waals surface area contributed by atoms with Gasteiger partial charge in [0.1, 0.15) is 5.52 Å². The van der Waals surface area contributed by atoms with Crippen LogP contribution >= 0.6 is 11.6 Å². The van der Waals surface area contributed by atoms with Crippen molar-refractivity contribution < 1.29 is 4.74 Å². The minimum atomic E-state index is 0.280. The van der Waals surface area contributed by atoms with Crippen molar-refractivity contribution in [2.45, 2.75) is 13.0 Å². The molecule has 0 aliphatic carbocycles. The maximum Gasteiger partial charge on any atom is 0.172 e. The Kier molecular flexibility index (Phi) is 2.57. The van der Waals surface area contributed by atoms with Gasteiger partial charge in [0, 0.05) is 5.69 Å². The van der Waals surface area contributed by atoms with Gasteiger partial charge in [-0.3, -0.25) is 4.98 Å². The lowest BCUT2D eigenvalue weighted by Gasteiger charge is -2.27. The van der Waals surface area contributed by atoms with Crippen LogP contribution in [0.3, 0.4) is 0 Å². The largest absolute Gasteiger partial charge is 0.377 e. The molecule has 2 aromatic rings. The molecular formula is C11H11ClN4O. The van der Waals surface area contributed by atoms with Crippen LogP contribution in [0.1, 0.15) is 5.69 Å². The summed E-state index contributed by atoms with van der Waals surface area (Å²) < 4.78 is 5.09. The first-order valence-electron chi connectivity index (χ1n) is 5.36. The molecule has 5 nitrogen and oxygen atoms in total. The summed E-state index contributed by atoms with van der Waals surface area (Å²) >= 11 is 6.06. The Balaban J connectivity index is 2.01. The van der Waals surface area contributed by atoms with Crippen molar-refractivity contribution in [1.29, 1.82) is 0 Å². The number of halogens is 1. The first-order chi connectivity index (χ1) is 8.22. The van der Waals surface area contributed by atoms with Crippen LogP contribution in [0.5, 0.6) is 0 Å². The summed E-state index contributed by atoms with van der Waals surface area (Å²) in [6, 6.07) is 2.17. The van der Waals surface area contributed by atoms with Gasteiger partial charge in [0.05, 0.1) is 31.0 Å². The number of rotatable bonds is 2. The summed E-state index contributed by atoms with van der Waals surface area (Å²) in [5.74, 6) is 0.609. The number of nitrogens with zero attached hydrogens (tertiary/aromatic N) is 3. The van der Waals surface area contributed by atoms with E-state index in [0.717, 1.165) is 11.2 Å². The zero-order valence-corrected chi connectivity index (χ0v) is 10.0. The highest BCUT2D eigenvalue weighted by Gasteiger charge is 2.20.